The van der Waals surface area contributed by atoms with E-state index in [4.69, 9.17) is 0 Å². The fraction of sp³-hybridized carbons (Fsp3) is 1.00. The second kappa shape index (κ2) is 15.8. The van der Waals surface area contributed by atoms with E-state index in [9.17, 15) is 0 Å². The lowest BCUT2D eigenvalue weighted by molar-refractivity contribution is 0.382. The Bertz CT molecular complexity index is 204. The summed E-state index contributed by atoms with van der Waals surface area (Å²) in [4.78, 5) is 0. The zero-order chi connectivity index (χ0) is 15.7. The molecule has 0 aliphatic heterocycles. The van der Waals surface area contributed by atoms with Gasteiger partial charge < -0.3 is 5.32 Å². The minimum Gasteiger partial charge on any atom is -0.317 e. The van der Waals surface area contributed by atoms with E-state index in [0.717, 1.165) is 5.92 Å². The van der Waals surface area contributed by atoms with Crippen molar-refractivity contribution < 1.29 is 0 Å². The van der Waals surface area contributed by atoms with Crippen LogP contribution in [0.3, 0.4) is 0 Å². The molecule has 0 atom stereocenters. The summed E-state index contributed by atoms with van der Waals surface area (Å²) in [6.07, 6.45) is 24.9. The molecule has 1 aliphatic rings. The highest BCUT2D eigenvalue weighted by Gasteiger charge is 2.10. The first-order valence-corrected chi connectivity index (χ1v) is 10.6. The number of unbranched alkanes of at least 4 members (excludes halogenated alkanes) is 6. The van der Waals surface area contributed by atoms with Gasteiger partial charge in [0.05, 0.1) is 0 Å². The van der Waals surface area contributed by atoms with Crippen LogP contribution in [0, 0.1) is 5.92 Å². The molecule has 1 N–H and O–H groups in total. The maximum absolute atomic E-state index is 3.61. The average molecular weight is 310 g/mol. The number of hydrogen-bond acceptors (Lipinski definition) is 1. The van der Waals surface area contributed by atoms with Crippen LogP contribution < -0.4 is 5.32 Å². The lowest BCUT2D eigenvalue weighted by atomic mass is 9.91. The van der Waals surface area contributed by atoms with Crippen LogP contribution in [0.5, 0.6) is 0 Å². The van der Waals surface area contributed by atoms with Gasteiger partial charge in [0.25, 0.3) is 0 Å². The van der Waals surface area contributed by atoms with Crippen LogP contribution in [0.2, 0.25) is 0 Å². The molecule has 0 aromatic heterocycles. The number of hydrogen-bond donors (Lipinski definition) is 1. The van der Waals surface area contributed by atoms with Gasteiger partial charge in [0.15, 0.2) is 0 Å². The Balaban J connectivity index is 1.83. The molecule has 1 nitrogen and oxygen atoms in total. The van der Waals surface area contributed by atoms with Crippen LogP contribution >= 0.6 is 0 Å². The van der Waals surface area contributed by atoms with Crippen molar-refractivity contribution in [3.05, 3.63) is 0 Å². The van der Waals surface area contributed by atoms with Crippen LogP contribution in [-0.2, 0) is 0 Å². The molecule has 1 aliphatic carbocycles. The SMILES string of the molecule is CCCCCCNCCCCCCC1CCCCCCCC1. The van der Waals surface area contributed by atoms with Gasteiger partial charge in [-0.25, -0.2) is 0 Å². The van der Waals surface area contributed by atoms with Gasteiger partial charge in [0.1, 0.15) is 0 Å². The van der Waals surface area contributed by atoms with E-state index in [2.05, 4.69) is 12.2 Å². The van der Waals surface area contributed by atoms with Crippen molar-refractivity contribution in [2.24, 2.45) is 5.92 Å². The van der Waals surface area contributed by atoms with E-state index in [0.29, 0.717) is 0 Å². The number of rotatable bonds is 12. The van der Waals surface area contributed by atoms with Gasteiger partial charge >= 0.3 is 0 Å². The van der Waals surface area contributed by atoms with Crippen molar-refractivity contribution in [3.8, 4) is 0 Å². The molecule has 0 amide bonds. The van der Waals surface area contributed by atoms with Gasteiger partial charge in [-0.05, 0) is 31.8 Å². The normalized spacial score (nSPS) is 17.9. The summed E-state index contributed by atoms with van der Waals surface area (Å²) in [7, 11) is 0. The zero-order valence-corrected chi connectivity index (χ0v) is 15.5. The molecule has 1 fully saturated rings. The molecule has 1 saturated carbocycles. The highest BCUT2D eigenvalue weighted by atomic mass is 14.8. The predicted octanol–water partition coefficient (Wildman–Crippen LogP) is 6.86. The third kappa shape index (κ3) is 12.5. The third-order valence-electron chi connectivity index (χ3n) is 5.40. The van der Waals surface area contributed by atoms with Crippen molar-refractivity contribution in [1.29, 1.82) is 0 Å². The second-order valence-corrected chi connectivity index (χ2v) is 7.58. The van der Waals surface area contributed by atoms with Crippen LogP contribution in [0.25, 0.3) is 0 Å². The molecule has 0 heterocycles. The third-order valence-corrected chi connectivity index (χ3v) is 5.40. The van der Waals surface area contributed by atoms with Crippen molar-refractivity contribution in [2.45, 2.75) is 116 Å². The molecule has 132 valence electrons. The van der Waals surface area contributed by atoms with Gasteiger partial charge in [0, 0.05) is 0 Å². The topological polar surface area (TPSA) is 12.0 Å². The van der Waals surface area contributed by atoms with Crippen LogP contribution in [-0.4, -0.2) is 13.1 Å². The van der Waals surface area contributed by atoms with Crippen molar-refractivity contribution >= 4 is 0 Å². The molecule has 0 spiro atoms. The molecule has 1 heteroatoms. The summed E-state index contributed by atoms with van der Waals surface area (Å²) in [5.41, 5.74) is 0. The number of nitrogens with one attached hydrogen (secondary N) is 1. The Labute approximate surface area is 141 Å². The monoisotopic (exact) mass is 309 g/mol. The second-order valence-electron chi connectivity index (χ2n) is 7.58. The molecule has 0 unspecified atom stereocenters. The fourth-order valence-corrected chi connectivity index (χ4v) is 3.84. The lowest BCUT2D eigenvalue weighted by Gasteiger charge is -2.15. The summed E-state index contributed by atoms with van der Waals surface area (Å²) in [6.45, 7) is 4.77. The summed E-state index contributed by atoms with van der Waals surface area (Å²) in [6, 6.07) is 0. The first kappa shape index (κ1) is 20.0. The maximum atomic E-state index is 3.61. The largest absolute Gasteiger partial charge is 0.317 e. The van der Waals surface area contributed by atoms with E-state index in [1.165, 1.54) is 122 Å². The molecule has 0 aromatic rings. The Morgan fingerprint density at radius 3 is 1.82 bits per heavy atom. The van der Waals surface area contributed by atoms with E-state index >= 15 is 0 Å². The van der Waals surface area contributed by atoms with Gasteiger partial charge in [0.2, 0.25) is 0 Å². The standard InChI is InChI=1S/C21H43N/c1-2-3-4-14-19-22-20-15-10-9-13-18-21-16-11-7-5-6-8-12-17-21/h21-22H,2-20H2,1H3. The first-order valence-electron chi connectivity index (χ1n) is 10.6. The quantitative estimate of drug-likeness (QED) is 0.388. The van der Waals surface area contributed by atoms with Gasteiger partial charge in [-0.1, -0.05) is 103 Å². The van der Waals surface area contributed by atoms with Crippen LogP contribution in [0.15, 0.2) is 0 Å². The molecule has 0 aromatic carbocycles. The van der Waals surface area contributed by atoms with E-state index in [1.54, 1.807) is 0 Å². The molecule has 0 saturated heterocycles. The summed E-state index contributed by atoms with van der Waals surface area (Å²) in [5.74, 6) is 1.06. The minimum atomic E-state index is 1.06. The van der Waals surface area contributed by atoms with Crippen LogP contribution in [0.4, 0.5) is 0 Å². The smallest absolute Gasteiger partial charge is 0.00489 e. The highest BCUT2D eigenvalue weighted by Crippen LogP contribution is 2.26. The van der Waals surface area contributed by atoms with E-state index < -0.39 is 0 Å². The summed E-state index contributed by atoms with van der Waals surface area (Å²) in [5, 5.41) is 3.61. The molecular weight excluding hydrogens is 266 g/mol. The van der Waals surface area contributed by atoms with E-state index in [1.807, 2.05) is 0 Å². The Kier molecular flexibility index (Phi) is 14.4. The van der Waals surface area contributed by atoms with Gasteiger partial charge in [-0.2, -0.15) is 0 Å². The predicted molar refractivity (Wildman–Crippen MR) is 101 cm³/mol. The van der Waals surface area contributed by atoms with Crippen molar-refractivity contribution in [3.63, 3.8) is 0 Å². The molecule has 0 radical (unpaired) electrons. The lowest BCUT2D eigenvalue weighted by Crippen LogP contribution is -2.16. The Morgan fingerprint density at radius 1 is 0.636 bits per heavy atom. The molecular formula is C21H43N. The highest BCUT2D eigenvalue weighted by molar-refractivity contribution is 4.63. The molecule has 0 bridgehead atoms. The fourth-order valence-electron chi connectivity index (χ4n) is 3.84. The Hall–Kier alpha value is -0.0400. The summed E-state index contributed by atoms with van der Waals surface area (Å²) >= 11 is 0. The van der Waals surface area contributed by atoms with Crippen LogP contribution in [0.1, 0.15) is 116 Å². The average Bonchev–Trinajstić information content (AvgIpc) is 2.66. The van der Waals surface area contributed by atoms with Gasteiger partial charge in [-0.3, -0.25) is 0 Å². The van der Waals surface area contributed by atoms with Crippen molar-refractivity contribution in [2.75, 3.05) is 13.1 Å². The van der Waals surface area contributed by atoms with Gasteiger partial charge in [-0.15, -0.1) is 0 Å². The van der Waals surface area contributed by atoms with E-state index in [-0.39, 0.29) is 0 Å². The molecule has 22 heavy (non-hydrogen) atoms. The summed E-state index contributed by atoms with van der Waals surface area (Å²) < 4.78 is 0. The minimum absolute atomic E-state index is 1.06. The zero-order valence-electron chi connectivity index (χ0n) is 15.5. The Morgan fingerprint density at radius 2 is 1.18 bits per heavy atom. The first-order chi connectivity index (χ1) is 10.9. The van der Waals surface area contributed by atoms with Crippen molar-refractivity contribution in [1.82, 2.24) is 5.32 Å². The maximum Gasteiger partial charge on any atom is -0.00489 e. The molecule has 1 rings (SSSR count).